The number of hydrogen-bond donors (Lipinski definition) is 0. The van der Waals surface area contributed by atoms with Crippen LogP contribution < -0.4 is 4.74 Å². The summed E-state index contributed by atoms with van der Waals surface area (Å²) in [5, 5.41) is 6.04. The van der Waals surface area contributed by atoms with Crippen molar-refractivity contribution in [3.8, 4) is 17.1 Å². The predicted octanol–water partition coefficient (Wildman–Crippen LogP) is 6.37. The van der Waals surface area contributed by atoms with Crippen LogP contribution in [0.3, 0.4) is 0 Å². The van der Waals surface area contributed by atoms with E-state index in [9.17, 15) is 8.78 Å². The van der Waals surface area contributed by atoms with Crippen molar-refractivity contribution in [3.05, 3.63) is 38.6 Å². The number of aryl methyl sites for hydroxylation is 2. The Morgan fingerprint density at radius 1 is 1.35 bits per heavy atom. The van der Waals surface area contributed by atoms with Crippen LogP contribution in [0, 0.1) is 6.92 Å². The summed E-state index contributed by atoms with van der Waals surface area (Å²) < 4.78 is 30.9. The first-order chi connectivity index (χ1) is 11.9. The molecule has 26 heavy (non-hydrogen) atoms. The van der Waals surface area contributed by atoms with Gasteiger partial charge in [-0.25, -0.2) is 4.68 Å². The van der Waals surface area contributed by atoms with E-state index in [0.29, 0.717) is 16.3 Å². The summed E-state index contributed by atoms with van der Waals surface area (Å²) in [4.78, 5) is 0. The highest BCUT2D eigenvalue weighted by atomic mass is 35.5. The van der Waals surface area contributed by atoms with E-state index in [2.05, 4.69) is 29.5 Å². The molecular weight excluding hydrogens is 400 g/mol. The van der Waals surface area contributed by atoms with Crippen molar-refractivity contribution in [1.82, 2.24) is 9.78 Å². The molecule has 0 aliphatic carbocycles. The Morgan fingerprint density at radius 2 is 1.96 bits per heavy atom. The number of benzene rings is 1. The van der Waals surface area contributed by atoms with Crippen molar-refractivity contribution in [2.45, 2.75) is 20.5 Å². The fourth-order valence-corrected chi connectivity index (χ4v) is 3.39. The van der Waals surface area contributed by atoms with Crippen LogP contribution in [0.5, 0.6) is 5.88 Å². The van der Waals surface area contributed by atoms with Crippen LogP contribution in [0.2, 0.25) is 10.0 Å². The van der Waals surface area contributed by atoms with Crippen LogP contribution in [-0.4, -0.2) is 36.0 Å². The number of ether oxygens (including phenoxy) is 1. The van der Waals surface area contributed by atoms with Gasteiger partial charge in [-0.2, -0.15) is 13.9 Å². The van der Waals surface area contributed by atoms with Gasteiger partial charge in [0.15, 0.2) is 0 Å². The monoisotopic (exact) mass is 420 g/mol. The summed E-state index contributed by atoms with van der Waals surface area (Å²) in [6.07, 6.45) is 6.23. The minimum Gasteiger partial charge on any atom is -0.416 e. The molecule has 0 amide bonds. The average molecular weight is 421 g/mol. The fraction of sp³-hybridized carbons (Fsp3) is 0.333. The molecule has 0 N–H and O–H groups in total. The minimum atomic E-state index is -2.98. The summed E-state index contributed by atoms with van der Waals surface area (Å²) in [6, 6.07) is 3.67. The van der Waals surface area contributed by atoms with Crippen molar-refractivity contribution < 1.29 is 13.5 Å². The molecule has 3 nitrogen and oxygen atoms in total. The molecule has 2 aromatic rings. The third-order valence-corrected chi connectivity index (χ3v) is 6.77. The van der Waals surface area contributed by atoms with E-state index in [1.807, 2.05) is 32.1 Å². The summed E-state index contributed by atoms with van der Waals surface area (Å²) in [5.41, 5.74) is 2.71. The van der Waals surface area contributed by atoms with Gasteiger partial charge in [-0.05, 0) is 55.8 Å². The fourth-order valence-electron chi connectivity index (χ4n) is 2.32. The maximum atomic E-state index is 12.6. The summed E-state index contributed by atoms with van der Waals surface area (Å²) in [7, 11) is 1.50. The van der Waals surface area contributed by atoms with Crippen LogP contribution in [0.1, 0.15) is 18.1 Å². The molecule has 142 valence electrons. The molecule has 1 aromatic carbocycles. The van der Waals surface area contributed by atoms with Crippen molar-refractivity contribution in [1.29, 1.82) is 0 Å². The number of halogens is 4. The Balaban J connectivity index is 2.62. The Labute approximate surface area is 162 Å². The molecule has 0 spiro atoms. The first kappa shape index (κ1) is 21.0. The molecule has 1 heterocycles. The highest BCUT2D eigenvalue weighted by Crippen LogP contribution is 2.47. The molecule has 0 saturated heterocycles. The van der Waals surface area contributed by atoms with Crippen LogP contribution in [0.25, 0.3) is 17.3 Å². The zero-order valence-electron chi connectivity index (χ0n) is 15.3. The third kappa shape index (κ3) is 4.51. The molecule has 0 unspecified atom stereocenters. The number of rotatable bonds is 5. The highest BCUT2D eigenvalue weighted by Gasteiger charge is 2.22. The molecule has 2 rings (SSSR count). The van der Waals surface area contributed by atoms with Gasteiger partial charge in [0.05, 0.1) is 0 Å². The van der Waals surface area contributed by atoms with Gasteiger partial charge in [-0.15, -0.1) is 0 Å². The van der Waals surface area contributed by atoms with Gasteiger partial charge in [-0.3, -0.25) is 0 Å². The van der Waals surface area contributed by atoms with Gasteiger partial charge in [0.1, 0.15) is 10.7 Å². The topological polar surface area (TPSA) is 27.1 Å². The molecule has 0 saturated carbocycles. The second-order valence-electron chi connectivity index (χ2n) is 6.63. The van der Waals surface area contributed by atoms with Gasteiger partial charge >= 0.3 is 6.61 Å². The Morgan fingerprint density at radius 3 is 2.50 bits per heavy atom. The smallest absolute Gasteiger partial charge is 0.388 e. The molecule has 0 fully saturated rings. The van der Waals surface area contributed by atoms with Gasteiger partial charge in [0, 0.05) is 17.6 Å². The number of allylic oxidation sites excluding steroid dienone is 1. The summed E-state index contributed by atoms with van der Waals surface area (Å²) in [5.74, 6) is -0.177. The van der Waals surface area contributed by atoms with E-state index >= 15 is 0 Å². The van der Waals surface area contributed by atoms with Crippen molar-refractivity contribution >= 4 is 42.5 Å². The van der Waals surface area contributed by atoms with E-state index in [-0.39, 0.29) is 10.9 Å². The van der Waals surface area contributed by atoms with E-state index in [1.165, 1.54) is 11.7 Å². The maximum Gasteiger partial charge on any atom is 0.388 e. The molecule has 8 heteroatoms. The van der Waals surface area contributed by atoms with Crippen LogP contribution in [0.4, 0.5) is 8.78 Å². The van der Waals surface area contributed by atoms with Gasteiger partial charge in [0.2, 0.25) is 5.88 Å². The van der Waals surface area contributed by atoms with Crippen molar-refractivity contribution in [2.75, 3.05) is 13.3 Å². The summed E-state index contributed by atoms with van der Waals surface area (Å²) >= 11 is 12.6. The Hall–Kier alpha value is -1.29. The van der Waals surface area contributed by atoms with E-state index in [0.717, 1.165) is 16.4 Å². The normalized spacial score (nSPS) is 12.8. The van der Waals surface area contributed by atoms with Crippen molar-refractivity contribution in [2.24, 2.45) is 7.05 Å². The Bertz CT molecular complexity index is 916. The first-order valence-electron chi connectivity index (χ1n) is 7.76. The maximum absolute atomic E-state index is 12.6. The predicted molar refractivity (Wildman–Crippen MR) is 110 cm³/mol. The summed E-state index contributed by atoms with van der Waals surface area (Å²) in [6.45, 7) is 3.72. The lowest BCUT2D eigenvalue weighted by Gasteiger charge is -2.15. The minimum absolute atomic E-state index is 0.0369. The lowest BCUT2D eigenvalue weighted by molar-refractivity contribution is -0.0552. The lowest BCUT2D eigenvalue weighted by Crippen LogP contribution is -2.06. The second-order valence-corrected chi connectivity index (χ2v) is 11.5. The molecule has 0 aliphatic heterocycles. The molecular formula is C18H21Cl2F2N2OP. The molecule has 1 aromatic heterocycles. The van der Waals surface area contributed by atoms with E-state index in [4.69, 9.17) is 23.2 Å². The van der Waals surface area contributed by atoms with E-state index < -0.39 is 13.5 Å². The standard InChI is InChI=1S/C18H21Cl2F2N2OP/c1-10-7-14(19)12(8-11(2)26(4,5)6)9-13(10)16-15(20)17(24(3)23-16)25-18(21)22/h7-9,18H,4H2,1-3,5-6H3/b11-8+. The second kappa shape index (κ2) is 7.75. The molecule has 0 aliphatic rings. The first-order valence-corrected chi connectivity index (χ1v) is 11.4. The van der Waals surface area contributed by atoms with Crippen molar-refractivity contribution in [3.63, 3.8) is 0 Å². The van der Waals surface area contributed by atoms with Gasteiger partial charge in [-0.1, -0.05) is 42.5 Å². The molecule has 0 bridgehead atoms. The zero-order valence-corrected chi connectivity index (χ0v) is 17.7. The van der Waals surface area contributed by atoms with Crippen LogP contribution in [0.15, 0.2) is 17.4 Å². The average Bonchev–Trinajstić information content (AvgIpc) is 2.76. The van der Waals surface area contributed by atoms with Crippen LogP contribution in [-0.2, 0) is 7.05 Å². The van der Waals surface area contributed by atoms with Crippen LogP contribution >= 0.6 is 30.1 Å². The zero-order chi connectivity index (χ0) is 19.8. The van der Waals surface area contributed by atoms with Gasteiger partial charge in [0.25, 0.3) is 0 Å². The highest BCUT2D eigenvalue weighted by molar-refractivity contribution is 7.76. The quantitative estimate of drug-likeness (QED) is 0.525. The Kier molecular flexibility index (Phi) is 6.27. The number of alkyl halides is 2. The third-order valence-electron chi connectivity index (χ3n) is 4.06. The number of hydrogen-bond acceptors (Lipinski definition) is 2. The number of aromatic nitrogens is 2. The lowest BCUT2D eigenvalue weighted by atomic mass is 10.0. The SMILES string of the molecule is C=P(C)(C)/C(C)=C/c1cc(-c2nn(C)c(OC(F)F)c2Cl)c(C)cc1Cl. The molecule has 0 atom stereocenters. The van der Waals surface area contributed by atoms with E-state index in [1.54, 1.807) is 0 Å². The van der Waals surface area contributed by atoms with Gasteiger partial charge < -0.3 is 4.74 Å². The number of nitrogens with zero attached hydrogens (tertiary/aromatic N) is 2. The molecule has 0 radical (unpaired) electrons. The largest absolute Gasteiger partial charge is 0.416 e.